The summed E-state index contributed by atoms with van der Waals surface area (Å²) in [6, 6.07) is 8.77. The highest BCUT2D eigenvalue weighted by atomic mass is 16.2. The average Bonchev–Trinajstić information content (AvgIpc) is 2.74. The second-order valence-electron chi connectivity index (χ2n) is 5.17. The molecule has 1 saturated heterocycles. The molecule has 2 rings (SSSR count). The van der Waals surface area contributed by atoms with Crippen molar-refractivity contribution in [3.05, 3.63) is 30.3 Å². The highest BCUT2D eigenvalue weighted by Crippen LogP contribution is 2.22. The molecule has 1 unspecified atom stereocenters. The van der Waals surface area contributed by atoms with Gasteiger partial charge < -0.3 is 5.32 Å². The Kier molecular flexibility index (Phi) is 5.30. The number of hydrogen-bond donors (Lipinski definition) is 1. The quantitative estimate of drug-likeness (QED) is 0.614. The Balaban J connectivity index is 1.89. The van der Waals surface area contributed by atoms with Gasteiger partial charge in [-0.15, -0.1) is 0 Å². The van der Waals surface area contributed by atoms with E-state index >= 15 is 0 Å². The molecule has 1 aliphatic heterocycles. The summed E-state index contributed by atoms with van der Waals surface area (Å²) in [5, 5.41) is 3.21. The summed E-state index contributed by atoms with van der Waals surface area (Å²) in [4.78, 5) is 25.6. The van der Waals surface area contributed by atoms with Crippen molar-refractivity contribution in [2.24, 2.45) is 0 Å². The van der Waals surface area contributed by atoms with Crippen LogP contribution >= 0.6 is 0 Å². The number of nitrogens with one attached hydrogen (secondary N) is 1. The molecule has 4 heteroatoms. The molecule has 0 spiro atoms. The summed E-state index contributed by atoms with van der Waals surface area (Å²) in [5.41, 5.74) is 0.665. The van der Waals surface area contributed by atoms with E-state index in [1.54, 1.807) is 12.1 Å². The van der Waals surface area contributed by atoms with Crippen molar-refractivity contribution in [3.63, 3.8) is 0 Å². The van der Waals surface area contributed by atoms with Crippen LogP contribution in [0.25, 0.3) is 0 Å². The van der Waals surface area contributed by atoms with Gasteiger partial charge in [0, 0.05) is 0 Å². The lowest BCUT2D eigenvalue weighted by Crippen LogP contribution is -2.39. The van der Waals surface area contributed by atoms with E-state index in [0.29, 0.717) is 5.69 Å². The zero-order valence-corrected chi connectivity index (χ0v) is 12.0. The van der Waals surface area contributed by atoms with E-state index in [9.17, 15) is 9.59 Å². The fourth-order valence-corrected chi connectivity index (χ4v) is 2.47. The minimum atomic E-state index is -0.357. The summed E-state index contributed by atoms with van der Waals surface area (Å²) < 4.78 is 0. The number of carbonyl (C=O) groups is 2. The number of nitrogens with zero attached hydrogens (tertiary/aromatic N) is 1. The average molecular weight is 274 g/mol. The third-order valence-electron chi connectivity index (χ3n) is 3.58. The first kappa shape index (κ1) is 14.7. The second kappa shape index (κ2) is 7.20. The van der Waals surface area contributed by atoms with Gasteiger partial charge in [0.15, 0.2) is 0 Å². The minimum absolute atomic E-state index is 0.118. The molecule has 0 aliphatic carbocycles. The summed E-state index contributed by atoms with van der Waals surface area (Å²) in [6.07, 6.45) is 4.90. The van der Waals surface area contributed by atoms with Crippen LogP contribution in [0.4, 0.5) is 5.69 Å². The molecule has 0 bridgehead atoms. The molecule has 0 saturated carbocycles. The van der Waals surface area contributed by atoms with E-state index in [1.165, 1.54) is 24.2 Å². The fourth-order valence-electron chi connectivity index (χ4n) is 2.47. The lowest BCUT2D eigenvalue weighted by atomic mass is 10.2. The minimum Gasteiger partial charge on any atom is -0.305 e. The normalized spacial score (nSPS) is 18.9. The summed E-state index contributed by atoms with van der Waals surface area (Å²) in [5.74, 6) is -0.246. The molecule has 1 aromatic carbocycles. The maximum atomic E-state index is 12.3. The van der Waals surface area contributed by atoms with Gasteiger partial charge in [-0.2, -0.15) is 0 Å². The molecule has 1 aliphatic rings. The SMILES string of the molecule is CCCCCCNC1CC(=O)N(c2ccccc2)C1=O. The van der Waals surface area contributed by atoms with Gasteiger partial charge in [-0.25, -0.2) is 4.90 Å². The molecular weight excluding hydrogens is 252 g/mol. The maximum Gasteiger partial charge on any atom is 0.251 e. The van der Waals surface area contributed by atoms with Crippen molar-refractivity contribution in [2.75, 3.05) is 11.4 Å². The monoisotopic (exact) mass is 274 g/mol. The maximum absolute atomic E-state index is 12.3. The number of unbranched alkanes of at least 4 members (excludes halogenated alkanes) is 3. The number of carbonyl (C=O) groups excluding carboxylic acids is 2. The van der Waals surface area contributed by atoms with Crippen molar-refractivity contribution >= 4 is 17.5 Å². The first-order valence-corrected chi connectivity index (χ1v) is 7.39. The molecule has 108 valence electrons. The van der Waals surface area contributed by atoms with Crippen LogP contribution in [0, 0.1) is 0 Å². The van der Waals surface area contributed by atoms with Crippen molar-refractivity contribution < 1.29 is 9.59 Å². The van der Waals surface area contributed by atoms with Crippen LogP contribution in [0.3, 0.4) is 0 Å². The summed E-state index contributed by atoms with van der Waals surface area (Å²) in [7, 11) is 0. The number of benzene rings is 1. The number of anilines is 1. The third-order valence-corrected chi connectivity index (χ3v) is 3.58. The lowest BCUT2D eigenvalue weighted by Gasteiger charge is -2.15. The first-order valence-electron chi connectivity index (χ1n) is 7.39. The number of para-hydroxylation sites is 1. The molecule has 0 radical (unpaired) electrons. The Morgan fingerprint density at radius 3 is 2.60 bits per heavy atom. The smallest absolute Gasteiger partial charge is 0.251 e. The van der Waals surface area contributed by atoms with Gasteiger partial charge in [-0.1, -0.05) is 44.4 Å². The van der Waals surface area contributed by atoms with Crippen molar-refractivity contribution in [3.8, 4) is 0 Å². The van der Waals surface area contributed by atoms with E-state index in [1.807, 2.05) is 18.2 Å². The Labute approximate surface area is 120 Å². The molecule has 1 fully saturated rings. The molecule has 2 amide bonds. The Bertz CT molecular complexity index is 459. The summed E-state index contributed by atoms with van der Waals surface area (Å²) >= 11 is 0. The molecule has 4 nitrogen and oxygen atoms in total. The Hall–Kier alpha value is -1.68. The van der Waals surface area contributed by atoms with E-state index < -0.39 is 0 Å². The van der Waals surface area contributed by atoms with Crippen molar-refractivity contribution in [1.29, 1.82) is 0 Å². The van der Waals surface area contributed by atoms with Crippen molar-refractivity contribution in [2.45, 2.75) is 45.1 Å². The summed E-state index contributed by atoms with van der Waals surface area (Å²) in [6.45, 7) is 2.97. The van der Waals surface area contributed by atoms with Crippen LogP contribution in [0.1, 0.15) is 39.0 Å². The van der Waals surface area contributed by atoms with Gasteiger partial charge in [-0.05, 0) is 25.1 Å². The zero-order chi connectivity index (χ0) is 14.4. The van der Waals surface area contributed by atoms with Gasteiger partial charge >= 0.3 is 0 Å². The van der Waals surface area contributed by atoms with Gasteiger partial charge in [0.2, 0.25) is 5.91 Å². The highest BCUT2D eigenvalue weighted by molar-refractivity contribution is 6.22. The molecule has 1 aromatic rings. The molecule has 0 aromatic heterocycles. The molecule has 1 heterocycles. The standard InChI is InChI=1S/C16H22N2O2/c1-2-3-4-8-11-17-14-12-15(19)18(16(14)20)13-9-6-5-7-10-13/h5-7,9-10,14,17H,2-4,8,11-12H2,1H3. The van der Waals surface area contributed by atoms with Crippen LogP contribution < -0.4 is 10.2 Å². The van der Waals surface area contributed by atoms with E-state index in [2.05, 4.69) is 12.2 Å². The lowest BCUT2D eigenvalue weighted by molar-refractivity contribution is -0.121. The second-order valence-corrected chi connectivity index (χ2v) is 5.17. The van der Waals surface area contributed by atoms with Crippen LogP contribution in [-0.2, 0) is 9.59 Å². The van der Waals surface area contributed by atoms with Crippen LogP contribution in [0.15, 0.2) is 30.3 Å². The molecule has 20 heavy (non-hydrogen) atoms. The Morgan fingerprint density at radius 1 is 1.15 bits per heavy atom. The van der Waals surface area contributed by atoms with E-state index in [4.69, 9.17) is 0 Å². The van der Waals surface area contributed by atoms with E-state index in [0.717, 1.165) is 13.0 Å². The fraction of sp³-hybridized carbons (Fsp3) is 0.500. The predicted octanol–water partition coefficient (Wildman–Crippen LogP) is 2.49. The van der Waals surface area contributed by atoms with Gasteiger partial charge in [0.1, 0.15) is 0 Å². The van der Waals surface area contributed by atoms with Crippen LogP contribution in [0.2, 0.25) is 0 Å². The Morgan fingerprint density at radius 2 is 1.90 bits per heavy atom. The third kappa shape index (κ3) is 3.45. The number of imide groups is 1. The molecular formula is C16H22N2O2. The first-order chi connectivity index (χ1) is 9.74. The van der Waals surface area contributed by atoms with Crippen LogP contribution in [0.5, 0.6) is 0 Å². The molecule has 1 atom stereocenters. The number of amides is 2. The van der Waals surface area contributed by atoms with Crippen LogP contribution in [-0.4, -0.2) is 24.4 Å². The predicted molar refractivity (Wildman–Crippen MR) is 79.5 cm³/mol. The zero-order valence-electron chi connectivity index (χ0n) is 12.0. The number of rotatable bonds is 7. The van der Waals surface area contributed by atoms with Gasteiger partial charge in [0.25, 0.3) is 5.91 Å². The number of hydrogen-bond acceptors (Lipinski definition) is 3. The molecule has 1 N–H and O–H groups in total. The largest absolute Gasteiger partial charge is 0.305 e. The highest BCUT2D eigenvalue weighted by Gasteiger charge is 2.38. The van der Waals surface area contributed by atoms with E-state index in [-0.39, 0.29) is 24.3 Å². The van der Waals surface area contributed by atoms with Crippen molar-refractivity contribution in [1.82, 2.24) is 5.32 Å². The van der Waals surface area contributed by atoms with Gasteiger partial charge in [0.05, 0.1) is 18.2 Å². The van der Waals surface area contributed by atoms with Gasteiger partial charge in [-0.3, -0.25) is 9.59 Å². The topological polar surface area (TPSA) is 49.4 Å².